The topological polar surface area (TPSA) is 76.4 Å². The molecule has 148 valence electrons. The van der Waals surface area contributed by atoms with Crippen LogP contribution in [0.5, 0.6) is 0 Å². The molecule has 3 heterocycles. The van der Waals surface area contributed by atoms with Gasteiger partial charge in [0.15, 0.2) is 4.80 Å². The van der Waals surface area contributed by atoms with E-state index in [0.717, 1.165) is 11.3 Å². The van der Waals surface area contributed by atoms with E-state index < -0.39 is 12.0 Å². The normalized spacial score (nSPS) is 16.5. The van der Waals surface area contributed by atoms with Crippen molar-refractivity contribution in [3.8, 4) is 0 Å². The van der Waals surface area contributed by atoms with Crippen LogP contribution in [-0.4, -0.2) is 22.1 Å². The smallest absolute Gasteiger partial charge is 0.338 e. The third kappa shape index (κ3) is 3.59. The van der Waals surface area contributed by atoms with Crippen LogP contribution in [0.2, 0.25) is 5.02 Å². The number of ether oxygens (including phenoxy) is 1. The van der Waals surface area contributed by atoms with E-state index in [1.807, 2.05) is 24.3 Å². The number of H-pyrrole nitrogens is 1. The first-order chi connectivity index (χ1) is 14.0. The highest BCUT2D eigenvalue weighted by atomic mass is 35.5. The Morgan fingerprint density at radius 3 is 2.76 bits per heavy atom. The lowest BCUT2D eigenvalue weighted by Crippen LogP contribution is -2.39. The number of fused-ring (bicyclic) bond motifs is 1. The Morgan fingerprint density at radius 1 is 1.34 bits per heavy atom. The average Bonchev–Trinajstić information content (AvgIpc) is 3.30. The third-order valence-corrected chi connectivity index (χ3v) is 5.85. The largest absolute Gasteiger partial charge is 0.463 e. The second-order valence-electron chi connectivity index (χ2n) is 6.48. The standard InChI is InChI=1S/C21H18ClN3O3S/c1-3-28-20(27)17-12(2)24-21-25(18(17)13-6-8-14(22)9-7-13)19(26)16(29-21)11-15-5-4-10-23-15/h4-11,18,23H,3H2,1-2H3/b16-11+/t18-/m0/s1. The zero-order chi connectivity index (χ0) is 20.5. The van der Waals surface area contributed by atoms with Gasteiger partial charge in [0.1, 0.15) is 0 Å². The lowest BCUT2D eigenvalue weighted by Gasteiger charge is -2.24. The number of halogens is 1. The van der Waals surface area contributed by atoms with Gasteiger partial charge in [0.2, 0.25) is 0 Å². The van der Waals surface area contributed by atoms with Gasteiger partial charge in [0.05, 0.1) is 28.5 Å². The SMILES string of the molecule is CCOC(=O)C1=C(C)N=c2s/c(=C/c3ccc[nH]3)c(=O)n2[C@H]1c1ccc(Cl)cc1. The molecule has 29 heavy (non-hydrogen) atoms. The highest BCUT2D eigenvalue weighted by Crippen LogP contribution is 2.31. The number of nitrogens with zero attached hydrogens (tertiary/aromatic N) is 2. The maximum atomic E-state index is 13.3. The number of carbonyl (C=O) groups is 1. The van der Waals surface area contributed by atoms with E-state index >= 15 is 0 Å². The Balaban J connectivity index is 1.97. The van der Waals surface area contributed by atoms with E-state index in [9.17, 15) is 9.59 Å². The summed E-state index contributed by atoms with van der Waals surface area (Å²) in [6.07, 6.45) is 3.58. The van der Waals surface area contributed by atoms with Crippen LogP contribution in [0.25, 0.3) is 6.08 Å². The minimum Gasteiger partial charge on any atom is -0.463 e. The number of nitrogens with one attached hydrogen (secondary N) is 1. The number of thiazole rings is 1. The predicted molar refractivity (Wildman–Crippen MR) is 113 cm³/mol. The molecular weight excluding hydrogens is 410 g/mol. The van der Waals surface area contributed by atoms with Crippen molar-refractivity contribution in [2.45, 2.75) is 19.9 Å². The number of allylic oxidation sites excluding steroid dienone is 1. The highest BCUT2D eigenvalue weighted by molar-refractivity contribution is 7.07. The molecule has 1 aliphatic rings. The second kappa shape index (κ2) is 7.85. The molecule has 0 bridgehead atoms. The zero-order valence-electron chi connectivity index (χ0n) is 15.8. The molecule has 0 unspecified atom stereocenters. The Morgan fingerprint density at radius 2 is 2.10 bits per heavy atom. The van der Waals surface area contributed by atoms with Crippen molar-refractivity contribution < 1.29 is 9.53 Å². The van der Waals surface area contributed by atoms with E-state index in [1.165, 1.54) is 11.3 Å². The summed E-state index contributed by atoms with van der Waals surface area (Å²) in [6, 6.07) is 10.2. The third-order valence-electron chi connectivity index (χ3n) is 4.61. The molecule has 0 saturated heterocycles. The summed E-state index contributed by atoms with van der Waals surface area (Å²) in [6.45, 7) is 3.74. The number of esters is 1. The van der Waals surface area contributed by atoms with Crippen molar-refractivity contribution in [3.05, 3.63) is 89.8 Å². The van der Waals surface area contributed by atoms with Crippen molar-refractivity contribution in [1.29, 1.82) is 0 Å². The molecule has 2 aromatic heterocycles. The summed E-state index contributed by atoms with van der Waals surface area (Å²) in [4.78, 5) is 34.2. The first-order valence-electron chi connectivity index (χ1n) is 9.08. The number of carbonyl (C=O) groups excluding carboxylic acids is 1. The van der Waals surface area contributed by atoms with Gasteiger partial charge in [0, 0.05) is 16.9 Å². The lowest BCUT2D eigenvalue weighted by molar-refractivity contribution is -0.139. The first-order valence-corrected chi connectivity index (χ1v) is 10.3. The van der Waals surface area contributed by atoms with Gasteiger partial charge in [-0.3, -0.25) is 9.36 Å². The molecular formula is C21H18ClN3O3S. The van der Waals surface area contributed by atoms with Crippen molar-refractivity contribution in [3.63, 3.8) is 0 Å². The summed E-state index contributed by atoms with van der Waals surface area (Å²) in [5.74, 6) is -0.479. The quantitative estimate of drug-likeness (QED) is 0.650. The van der Waals surface area contributed by atoms with Crippen LogP contribution in [0.1, 0.15) is 31.1 Å². The van der Waals surface area contributed by atoms with Gasteiger partial charge in [0.25, 0.3) is 5.56 Å². The number of benzene rings is 1. The fourth-order valence-electron chi connectivity index (χ4n) is 3.33. The number of aromatic amines is 1. The number of aromatic nitrogens is 2. The second-order valence-corrected chi connectivity index (χ2v) is 7.92. The number of rotatable bonds is 4. The van der Waals surface area contributed by atoms with Gasteiger partial charge in [-0.05, 0) is 49.8 Å². The van der Waals surface area contributed by atoms with E-state index in [1.54, 1.807) is 42.8 Å². The van der Waals surface area contributed by atoms with Crippen LogP contribution in [0.3, 0.4) is 0 Å². The van der Waals surface area contributed by atoms with Crippen molar-refractivity contribution >= 4 is 35.0 Å². The molecule has 0 saturated carbocycles. The van der Waals surface area contributed by atoms with E-state index in [-0.39, 0.29) is 12.2 Å². The molecule has 1 atom stereocenters. The molecule has 8 heteroatoms. The zero-order valence-corrected chi connectivity index (χ0v) is 17.4. The minimum atomic E-state index is -0.631. The Hall–Kier alpha value is -2.90. The van der Waals surface area contributed by atoms with Crippen LogP contribution in [0.15, 0.2) is 63.7 Å². The molecule has 1 aliphatic heterocycles. The molecule has 0 amide bonds. The number of hydrogen-bond donors (Lipinski definition) is 1. The predicted octanol–water partition coefficient (Wildman–Crippen LogP) is 2.78. The van der Waals surface area contributed by atoms with E-state index in [0.29, 0.717) is 25.6 Å². The molecule has 3 aromatic rings. The molecule has 1 N–H and O–H groups in total. The van der Waals surface area contributed by atoms with E-state index in [2.05, 4.69) is 9.98 Å². The fourth-order valence-corrected chi connectivity index (χ4v) is 4.49. The molecule has 0 spiro atoms. The monoisotopic (exact) mass is 427 g/mol. The van der Waals surface area contributed by atoms with Gasteiger partial charge in [-0.25, -0.2) is 9.79 Å². The molecule has 1 aromatic carbocycles. The first kappa shape index (κ1) is 19.4. The summed E-state index contributed by atoms with van der Waals surface area (Å²) in [5, 5.41) is 0.575. The van der Waals surface area contributed by atoms with Crippen molar-refractivity contribution in [2.24, 2.45) is 4.99 Å². The Bertz CT molecular complexity index is 1270. The van der Waals surface area contributed by atoms with Gasteiger partial charge in [-0.2, -0.15) is 0 Å². The van der Waals surface area contributed by atoms with Gasteiger partial charge in [-0.1, -0.05) is 35.1 Å². The van der Waals surface area contributed by atoms with Gasteiger partial charge >= 0.3 is 5.97 Å². The van der Waals surface area contributed by atoms with Crippen LogP contribution < -0.4 is 14.9 Å². The highest BCUT2D eigenvalue weighted by Gasteiger charge is 2.33. The van der Waals surface area contributed by atoms with Gasteiger partial charge in [-0.15, -0.1) is 0 Å². The summed E-state index contributed by atoms with van der Waals surface area (Å²) in [5.41, 5.74) is 2.26. The van der Waals surface area contributed by atoms with Crippen LogP contribution in [0, 0.1) is 0 Å². The van der Waals surface area contributed by atoms with Gasteiger partial charge < -0.3 is 9.72 Å². The molecule has 0 radical (unpaired) electrons. The molecule has 0 fully saturated rings. The minimum absolute atomic E-state index is 0.211. The fraction of sp³-hybridized carbons (Fsp3) is 0.190. The summed E-state index contributed by atoms with van der Waals surface area (Å²) >= 11 is 7.33. The van der Waals surface area contributed by atoms with Crippen LogP contribution in [-0.2, 0) is 9.53 Å². The average molecular weight is 428 g/mol. The van der Waals surface area contributed by atoms with E-state index in [4.69, 9.17) is 16.3 Å². The summed E-state index contributed by atoms with van der Waals surface area (Å²) in [7, 11) is 0. The number of hydrogen-bond acceptors (Lipinski definition) is 5. The maximum absolute atomic E-state index is 13.3. The Kier molecular flexibility index (Phi) is 5.25. The lowest BCUT2D eigenvalue weighted by atomic mass is 9.96. The summed E-state index contributed by atoms with van der Waals surface area (Å²) < 4.78 is 7.35. The molecule has 6 nitrogen and oxygen atoms in total. The van der Waals surface area contributed by atoms with Crippen molar-refractivity contribution in [2.75, 3.05) is 6.61 Å². The molecule has 4 rings (SSSR count). The molecule has 0 aliphatic carbocycles. The Labute approximate surface area is 175 Å². The maximum Gasteiger partial charge on any atom is 0.338 e. The van der Waals surface area contributed by atoms with Crippen LogP contribution >= 0.6 is 22.9 Å². The van der Waals surface area contributed by atoms with Crippen molar-refractivity contribution in [1.82, 2.24) is 9.55 Å². The van der Waals surface area contributed by atoms with Crippen LogP contribution in [0.4, 0.5) is 0 Å².